The van der Waals surface area contributed by atoms with Gasteiger partial charge in [-0.15, -0.1) is 0 Å². The Kier molecular flexibility index (Phi) is 4.03. The Bertz CT molecular complexity index is 204. The third-order valence-corrected chi connectivity index (χ3v) is 1.18. The first-order valence-corrected chi connectivity index (χ1v) is 3.14. The van der Waals surface area contributed by atoms with Crippen molar-refractivity contribution < 1.29 is 4.79 Å². The number of rotatable bonds is 2. The van der Waals surface area contributed by atoms with E-state index in [1.165, 1.54) is 6.92 Å². The van der Waals surface area contributed by atoms with E-state index in [1.807, 2.05) is 29.1 Å². The molecule has 0 atom stereocenters. The van der Waals surface area contributed by atoms with Crippen molar-refractivity contribution in [1.82, 2.24) is 9.88 Å². The topological polar surface area (TPSA) is 34.0 Å². The zero-order chi connectivity index (χ0) is 7.40. The minimum atomic E-state index is -0.00583. The van der Waals surface area contributed by atoms with Gasteiger partial charge in [0.25, 0.3) is 0 Å². The van der Waals surface area contributed by atoms with E-state index in [0.29, 0.717) is 6.67 Å². The Balaban J connectivity index is 0.000001000. The maximum atomic E-state index is 10.4. The molecule has 11 heavy (non-hydrogen) atoms. The molecule has 3 nitrogen and oxygen atoms in total. The van der Waals surface area contributed by atoms with E-state index < -0.39 is 0 Å². The Labute approximate surface area is 67.0 Å². The highest BCUT2D eigenvalue weighted by atomic mass is 16.1. The van der Waals surface area contributed by atoms with Crippen LogP contribution in [0, 0.1) is 0 Å². The summed E-state index contributed by atoms with van der Waals surface area (Å²) in [7, 11) is 0. The monoisotopic (exact) mass is 154 g/mol. The van der Waals surface area contributed by atoms with E-state index in [-0.39, 0.29) is 13.3 Å². The minimum Gasteiger partial charge on any atom is -0.339 e. The Morgan fingerprint density at radius 3 is 2.45 bits per heavy atom. The van der Waals surface area contributed by atoms with Crippen LogP contribution in [0.2, 0.25) is 0 Å². The molecule has 0 aliphatic heterocycles. The van der Waals surface area contributed by atoms with Gasteiger partial charge in [0.15, 0.2) is 0 Å². The molecule has 1 amide bonds. The van der Waals surface area contributed by atoms with Gasteiger partial charge in [0.1, 0.15) is 0 Å². The highest BCUT2D eigenvalue weighted by Gasteiger charge is 1.88. The summed E-state index contributed by atoms with van der Waals surface area (Å²) in [5.74, 6) is -0.00583. The van der Waals surface area contributed by atoms with Gasteiger partial charge in [-0.1, -0.05) is 7.43 Å². The number of nitrogens with one attached hydrogen (secondary N) is 1. The molecule has 1 rings (SSSR count). The molecule has 0 radical (unpaired) electrons. The number of hydrogen-bond donors (Lipinski definition) is 1. The Morgan fingerprint density at radius 1 is 1.45 bits per heavy atom. The summed E-state index contributed by atoms with van der Waals surface area (Å²) in [5, 5.41) is 2.67. The van der Waals surface area contributed by atoms with Crippen LogP contribution in [-0.2, 0) is 11.5 Å². The van der Waals surface area contributed by atoms with Crippen molar-refractivity contribution in [2.75, 3.05) is 0 Å². The molecule has 0 spiro atoms. The summed E-state index contributed by atoms with van der Waals surface area (Å²) in [6.45, 7) is 2.06. The van der Waals surface area contributed by atoms with Gasteiger partial charge in [0.2, 0.25) is 5.91 Å². The van der Waals surface area contributed by atoms with E-state index in [0.717, 1.165) is 0 Å². The zero-order valence-electron chi connectivity index (χ0n) is 5.87. The van der Waals surface area contributed by atoms with Crippen LogP contribution >= 0.6 is 0 Å². The minimum absolute atomic E-state index is 0. The van der Waals surface area contributed by atoms with Crippen molar-refractivity contribution in [3.8, 4) is 0 Å². The molecule has 0 unspecified atom stereocenters. The molecule has 0 aromatic carbocycles. The van der Waals surface area contributed by atoms with Crippen molar-refractivity contribution in [1.29, 1.82) is 0 Å². The molecule has 0 aliphatic carbocycles. The van der Waals surface area contributed by atoms with Crippen LogP contribution in [0.4, 0.5) is 0 Å². The summed E-state index contributed by atoms with van der Waals surface area (Å²) in [4.78, 5) is 10.4. The van der Waals surface area contributed by atoms with Crippen LogP contribution in [0.15, 0.2) is 24.5 Å². The average Bonchev–Trinajstić information content (AvgIpc) is 2.34. The molecule has 1 N–H and O–H groups in total. The Morgan fingerprint density at radius 2 is 2.00 bits per heavy atom. The predicted molar refractivity (Wildman–Crippen MR) is 45.0 cm³/mol. The third kappa shape index (κ3) is 3.45. The summed E-state index contributed by atoms with van der Waals surface area (Å²) < 4.78 is 1.89. The molecule has 1 aromatic heterocycles. The number of aromatic nitrogens is 1. The van der Waals surface area contributed by atoms with Gasteiger partial charge < -0.3 is 9.88 Å². The maximum absolute atomic E-state index is 10.4. The number of amides is 1. The van der Waals surface area contributed by atoms with Gasteiger partial charge in [0.05, 0.1) is 6.67 Å². The molecule has 0 saturated heterocycles. The van der Waals surface area contributed by atoms with Gasteiger partial charge in [-0.2, -0.15) is 0 Å². The number of carbonyl (C=O) groups is 1. The molecule has 0 saturated carbocycles. The van der Waals surface area contributed by atoms with Crippen LogP contribution in [0.5, 0.6) is 0 Å². The first-order chi connectivity index (χ1) is 4.79. The highest BCUT2D eigenvalue weighted by Crippen LogP contribution is 1.86. The fourth-order valence-electron chi connectivity index (χ4n) is 0.678. The van der Waals surface area contributed by atoms with E-state index in [1.54, 1.807) is 0 Å². The van der Waals surface area contributed by atoms with Crippen molar-refractivity contribution in [2.24, 2.45) is 0 Å². The van der Waals surface area contributed by atoms with Crippen molar-refractivity contribution in [3.05, 3.63) is 24.5 Å². The molecule has 62 valence electrons. The lowest BCUT2D eigenvalue weighted by Gasteiger charge is -2.01. The van der Waals surface area contributed by atoms with Crippen molar-refractivity contribution in [3.63, 3.8) is 0 Å². The summed E-state index contributed by atoms with van der Waals surface area (Å²) in [6.07, 6.45) is 3.80. The van der Waals surface area contributed by atoms with Crippen LogP contribution in [-0.4, -0.2) is 10.5 Å². The van der Waals surface area contributed by atoms with Crippen LogP contribution in [0.25, 0.3) is 0 Å². The SMILES string of the molecule is C.CC(=O)NCn1cccc1. The molecule has 1 aromatic rings. The van der Waals surface area contributed by atoms with Gasteiger partial charge in [-0.05, 0) is 12.1 Å². The molecular weight excluding hydrogens is 140 g/mol. The van der Waals surface area contributed by atoms with Crippen LogP contribution in [0.1, 0.15) is 14.4 Å². The smallest absolute Gasteiger partial charge is 0.218 e. The standard InChI is InChI=1S/C7H10N2O.CH4/c1-7(10)8-6-9-4-2-3-5-9;/h2-5H,6H2,1H3,(H,8,10);1H4. The fourth-order valence-corrected chi connectivity index (χ4v) is 0.678. The first kappa shape index (κ1) is 9.75. The van der Waals surface area contributed by atoms with Crippen LogP contribution in [0.3, 0.4) is 0 Å². The third-order valence-electron chi connectivity index (χ3n) is 1.18. The number of hydrogen-bond acceptors (Lipinski definition) is 1. The van der Waals surface area contributed by atoms with Crippen molar-refractivity contribution >= 4 is 5.91 Å². The molecule has 0 fully saturated rings. The van der Waals surface area contributed by atoms with Crippen LogP contribution < -0.4 is 5.32 Å². The van der Waals surface area contributed by atoms with Gasteiger partial charge in [-0.3, -0.25) is 4.79 Å². The first-order valence-electron chi connectivity index (χ1n) is 3.14. The summed E-state index contributed by atoms with van der Waals surface area (Å²) >= 11 is 0. The molecule has 0 bridgehead atoms. The predicted octanol–water partition coefficient (Wildman–Crippen LogP) is 1.22. The molecule has 1 heterocycles. The van der Waals surface area contributed by atoms with E-state index >= 15 is 0 Å². The fraction of sp³-hybridized carbons (Fsp3) is 0.375. The van der Waals surface area contributed by atoms with Gasteiger partial charge in [0, 0.05) is 19.3 Å². The second-order valence-electron chi connectivity index (χ2n) is 2.09. The lowest BCUT2D eigenvalue weighted by molar-refractivity contribution is -0.119. The number of carbonyl (C=O) groups excluding carboxylic acids is 1. The average molecular weight is 154 g/mol. The quantitative estimate of drug-likeness (QED) is 0.682. The van der Waals surface area contributed by atoms with E-state index in [9.17, 15) is 4.79 Å². The second-order valence-corrected chi connectivity index (χ2v) is 2.09. The molecule has 3 heteroatoms. The highest BCUT2D eigenvalue weighted by molar-refractivity contribution is 5.72. The van der Waals surface area contributed by atoms with E-state index in [4.69, 9.17) is 0 Å². The zero-order valence-corrected chi connectivity index (χ0v) is 5.87. The summed E-state index contributed by atoms with van der Waals surface area (Å²) in [6, 6.07) is 3.84. The molecular formula is C8H14N2O. The largest absolute Gasteiger partial charge is 0.339 e. The van der Waals surface area contributed by atoms with E-state index in [2.05, 4.69) is 5.32 Å². The lowest BCUT2D eigenvalue weighted by Crippen LogP contribution is -2.22. The number of nitrogens with zero attached hydrogens (tertiary/aromatic N) is 1. The molecule has 0 aliphatic rings. The van der Waals surface area contributed by atoms with Gasteiger partial charge in [-0.25, -0.2) is 0 Å². The Hall–Kier alpha value is -1.25. The van der Waals surface area contributed by atoms with Crippen molar-refractivity contribution in [2.45, 2.75) is 21.0 Å². The second kappa shape index (κ2) is 4.55. The van der Waals surface area contributed by atoms with Gasteiger partial charge >= 0.3 is 0 Å². The summed E-state index contributed by atoms with van der Waals surface area (Å²) in [5.41, 5.74) is 0. The maximum Gasteiger partial charge on any atom is 0.218 e. The normalized spacial score (nSPS) is 8.45. The lowest BCUT2D eigenvalue weighted by atomic mass is 10.7.